The molecule has 22 heavy (non-hydrogen) atoms. The number of carbonyl (C=O) groups is 1. The zero-order valence-electron chi connectivity index (χ0n) is 11.8. The molecule has 0 aromatic heterocycles. The zero-order chi connectivity index (χ0) is 16.2. The third kappa shape index (κ3) is 4.17. The second-order valence-electron chi connectivity index (χ2n) is 5.03. The van der Waals surface area contributed by atoms with Gasteiger partial charge in [-0.2, -0.15) is 13.2 Å². The van der Waals surface area contributed by atoms with Crippen LogP contribution in [-0.4, -0.2) is 55.7 Å². The van der Waals surface area contributed by atoms with E-state index in [0.29, 0.717) is 13.1 Å². The summed E-state index contributed by atoms with van der Waals surface area (Å²) in [6, 6.07) is 3.41. The molecule has 1 unspecified atom stereocenters. The number of piperazine rings is 1. The highest BCUT2D eigenvalue weighted by Crippen LogP contribution is 2.24. The van der Waals surface area contributed by atoms with E-state index < -0.39 is 30.5 Å². The minimum absolute atomic E-state index is 0.250. The van der Waals surface area contributed by atoms with Crippen LogP contribution < -0.4 is 10.6 Å². The SMILES string of the molecule is O=C(NCC(N1CCNCC1)C(F)(F)F)c1ccccc1F. The average Bonchev–Trinajstić information content (AvgIpc) is 2.47. The van der Waals surface area contributed by atoms with Gasteiger partial charge in [0.15, 0.2) is 0 Å². The van der Waals surface area contributed by atoms with Crippen LogP contribution in [0, 0.1) is 5.82 Å². The molecule has 1 heterocycles. The first-order valence-corrected chi connectivity index (χ1v) is 6.94. The molecular weight excluding hydrogens is 302 g/mol. The Labute approximate surface area is 125 Å². The number of rotatable bonds is 4. The molecule has 0 spiro atoms. The van der Waals surface area contributed by atoms with Crippen molar-refractivity contribution in [2.75, 3.05) is 32.7 Å². The normalized spacial score (nSPS) is 18.0. The Morgan fingerprint density at radius 2 is 1.91 bits per heavy atom. The number of hydrogen-bond acceptors (Lipinski definition) is 3. The molecule has 1 aliphatic heterocycles. The largest absolute Gasteiger partial charge is 0.405 e. The van der Waals surface area contributed by atoms with Crippen molar-refractivity contribution >= 4 is 5.91 Å². The third-order valence-electron chi connectivity index (χ3n) is 3.54. The maximum atomic E-state index is 13.5. The fourth-order valence-corrected chi connectivity index (χ4v) is 2.38. The molecule has 4 nitrogen and oxygen atoms in total. The smallest absolute Gasteiger partial charge is 0.350 e. The monoisotopic (exact) mass is 319 g/mol. The molecular formula is C14H17F4N3O. The van der Waals surface area contributed by atoms with E-state index in [2.05, 4.69) is 10.6 Å². The van der Waals surface area contributed by atoms with E-state index in [1.807, 2.05) is 0 Å². The minimum atomic E-state index is -4.46. The van der Waals surface area contributed by atoms with E-state index >= 15 is 0 Å². The van der Waals surface area contributed by atoms with E-state index in [1.165, 1.54) is 23.1 Å². The topological polar surface area (TPSA) is 44.4 Å². The summed E-state index contributed by atoms with van der Waals surface area (Å²) in [7, 11) is 0. The molecule has 1 aromatic rings. The first-order valence-electron chi connectivity index (χ1n) is 6.94. The van der Waals surface area contributed by atoms with Crippen molar-refractivity contribution in [3.8, 4) is 0 Å². The number of nitrogens with one attached hydrogen (secondary N) is 2. The van der Waals surface area contributed by atoms with E-state index in [0.717, 1.165) is 6.07 Å². The van der Waals surface area contributed by atoms with Crippen LogP contribution in [0.2, 0.25) is 0 Å². The van der Waals surface area contributed by atoms with E-state index in [9.17, 15) is 22.4 Å². The number of carbonyl (C=O) groups excluding carboxylic acids is 1. The maximum Gasteiger partial charge on any atom is 0.405 e. The Hall–Kier alpha value is -1.67. The Morgan fingerprint density at radius 3 is 2.50 bits per heavy atom. The fraction of sp³-hybridized carbons (Fsp3) is 0.500. The number of benzene rings is 1. The number of alkyl halides is 3. The number of nitrogens with zero attached hydrogens (tertiary/aromatic N) is 1. The molecule has 1 aliphatic rings. The Balaban J connectivity index is 2.02. The van der Waals surface area contributed by atoms with Crippen LogP contribution in [0.3, 0.4) is 0 Å². The predicted octanol–water partition coefficient (Wildman–Crippen LogP) is 1.39. The van der Waals surface area contributed by atoms with Crippen molar-refractivity contribution < 1.29 is 22.4 Å². The number of halogens is 4. The van der Waals surface area contributed by atoms with Crippen LogP contribution in [0.4, 0.5) is 17.6 Å². The lowest BCUT2D eigenvalue weighted by molar-refractivity contribution is -0.183. The quantitative estimate of drug-likeness (QED) is 0.825. The predicted molar refractivity (Wildman–Crippen MR) is 73.0 cm³/mol. The van der Waals surface area contributed by atoms with Crippen LogP contribution in [-0.2, 0) is 0 Å². The Morgan fingerprint density at radius 1 is 1.27 bits per heavy atom. The second kappa shape index (κ2) is 7.06. The van der Waals surface area contributed by atoms with Gasteiger partial charge in [-0.05, 0) is 12.1 Å². The maximum absolute atomic E-state index is 13.5. The summed E-state index contributed by atoms with van der Waals surface area (Å²) >= 11 is 0. The van der Waals surface area contributed by atoms with Crippen molar-refractivity contribution in [1.29, 1.82) is 0 Å². The van der Waals surface area contributed by atoms with Gasteiger partial charge in [-0.15, -0.1) is 0 Å². The lowest BCUT2D eigenvalue weighted by Crippen LogP contribution is -2.57. The lowest BCUT2D eigenvalue weighted by atomic mass is 10.1. The molecule has 0 radical (unpaired) electrons. The Kier molecular flexibility index (Phi) is 5.36. The van der Waals surface area contributed by atoms with Gasteiger partial charge in [-0.25, -0.2) is 4.39 Å². The van der Waals surface area contributed by atoms with Gasteiger partial charge in [-0.1, -0.05) is 12.1 Å². The van der Waals surface area contributed by atoms with Gasteiger partial charge in [-0.3, -0.25) is 9.69 Å². The number of amides is 1. The van der Waals surface area contributed by atoms with Crippen molar-refractivity contribution in [3.05, 3.63) is 35.6 Å². The van der Waals surface area contributed by atoms with Gasteiger partial charge in [0.1, 0.15) is 11.9 Å². The van der Waals surface area contributed by atoms with Crippen molar-refractivity contribution in [1.82, 2.24) is 15.5 Å². The zero-order valence-corrected chi connectivity index (χ0v) is 11.8. The van der Waals surface area contributed by atoms with Gasteiger partial charge in [0.2, 0.25) is 0 Å². The molecule has 0 aliphatic carbocycles. The first kappa shape index (κ1) is 16.7. The van der Waals surface area contributed by atoms with Crippen molar-refractivity contribution in [2.24, 2.45) is 0 Å². The highest BCUT2D eigenvalue weighted by Gasteiger charge is 2.43. The summed E-state index contributed by atoms with van der Waals surface area (Å²) in [5.41, 5.74) is -0.260. The minimum Gasteiger partial charge on any atom is -0.350 e. The molecule has 2 N–H and O–H groups in total. The highest BCUT2D eigenvalue weighted by atomic mass is 19.4. The molecule has 1 saturated heterocycles. The Bertz CT molecular complexity index is 515. The number of hydrogen-bond donors (Lipinski definition) is 2. The molecule has 1 atom stereocenters. The molecule has 122 valence electrons. The third-order valence-corrected chi connectivity index (χ3v) is 3.54. The molecule has 0 bridgehead atoms. The van der Waals surface area contributed by atoms with Gasteiger partial charge >= 0.3 is 6.18 Å². The fourth-order valence-electron chi connectivity index (χ4n) is 2.38. The highest BCUT2D eigenvalue weighted by molar-refractivity contribution is 5.94. The lowest BCUT2D eigenvalue weighted by Gasteiger charge is -2.35. The molecule has 1 fully saturated rings. The van der Waals surface area contributed by atoms with Gasteiger partial charge in [0.05, 0.1) is 5.56 Å². The summed E-state index contributed by atoms with van der Waals surface area (Å²) in [5.74, 6) is -1.60. The summed E-state index contributed by atoms with van der Waals surface area (Å²) in [5, 5.41) is 5.16. The van der Waals surface area contributed by atoms with Gasteiger partial charge in [0.25, 0.3) is 5.91 Å². The van der Waals surface area contributed by atoms with E-state index in [1.54, 1.807) is 0 Å². The van der Waals surface area contributed by atoms with Gasteiger partial charge < -0.3 is 10.6 Å². The van der Waals surface area contributed by atoms with Gasteiger partial charge in [0, 0.05) is 32.7 Å². The van der Waals surface area contributed by atoms with Crippen molar-refractivity contribution in [3.63, 3.8) is 0 Å². The van der Waals surface area contributed by atoms with E-state index in [4.69, 9.17) is 0 Å². The molecule has 1 aromatic carbocycles. The van der Waals surface area contributed by atoms with Crippen LogP contribution in [0.25, 0.3) is 0 Å². The first-order chi connectivity index (χ1) is 10.4. The summed E-state index contributed by atoms with van der Waals surface area (Å²) in [4.78, 5) is 13.1. The molecule has 1 amide bonds. The van der Waals surface area contributed by atoms with E-state index in [-0.39, 0.29) is 18.7 Å². The van der Waals surface area contributed by atoms with Crippen LogP contribution >= 0.6 is 0 Å². The summed E-state index contributed by atoms with van der Waals surface area (Å²) in [6.45, 7) is 0.831. The molecule has 2 rings (SSSR count). The second-order valence-corrected chi connectivity index (χ2v) is 5.03. The van der Waals surface area contributed by atoms with Crippen molar-refractivity contribution in [2.45, 2.75) is 12.2 Å². The van der Waals surface area contributed by atoms with Crippen LogP contribution in [0.1, 0.15) is 10.4 Å². The average molecular weight is 319 g/mol. The standard InChI is InChI=1S/C14H17F4N3O/c15-11-4-2-1-3-10(11)13(22)20-9-12(14(16,17)18)21-7-5-19-6-8-21/h1-4,12,19H,5-9H2,(H,20,22). The summed E-state index contributed by atoms with van der Waals surface area (Å²) < 4.78 is 52.9. The van der Waals surface area contributed by atoms with Crippen LogP contribution in [0.5, 0.6) is 0 Å². The van der Waals surface area contributed by atoms with Crippen LogP contribution in [0.15, 0.2) is 24.3 Å². The molecule has 8 heteroatoms. The summed E-state index contributed by atoms with van der Waals surface area (Å²) in [6.07, 6.45) is -4.46. The molecule has 0 saturated carbocycles.